The summed E-state index contributed by atoms with van der Waals surface area (Å²) in [4.78, 5) is 20.3. The van der Waals surface area contributed by atoms with Crippen molar-refractivity contribution >= 4 is 23.4 Å². The van der Waals surface area contributed by atoms with Crippen LogP contribution in [0.5, 0.6) is 0 Å². The van der Waals surface area contributed by atoms with E-state index in [2.05, 4.69) is 97.0 Å². The van der Waals surface area contributed by atoms with Gasteiger partial charge in [-0.2, -0.15) is 0 Å². The summed E-state index contributed by atoms with van der Waals surface area (Å²) in [5.41, 5.74) is 6.62. The van der Waals surface area contributed by atoms with Gasteiger partial charge in [0.05, 0.1) is 16.8 Å². The Morgan fingerprint density at radius 2 is 1.69 bits per heavy atom. The third kappa shape index (κ3) is 15.3. The van der Waals surface area contributed by atoms with Gasteiger partial charge in [0.25, 0.3) is 0 Å². The van der Waals surface area contributed by atoms with Gasteiger partial charge in [0.2, 0.25) is 5.91 Å². The minimum atomic E-state index is -0.543. The van der Waals surface area contributed by atoms with E-state index in [1.165, 1.54) is 38.2 Å². The van der Waals surface area contributed by atoms with Crippen molar-refractivity contribution in [1.29, 1.82) is 0 Å². The molecule has 1 aliphatic carbocycles. The van der Waals surface area contributed by atoms with E-state index < -0.39 is 11.2 Å². The molecule has 5 heteroatoms. The number of rotatable bonds is 15. The van der Waals surface area contributed by atoms with Crippen LogP contribution in [-0.2, 0) is 10.2 Å². The molecule has 0 saturated heterocycles. The highest BCUT2D eigenvalue weighted by atomic mass is 19.1. The van der Waals surface area contributed by atoms with Gasteiger partial charge < -0.3 is 10.2 Å². The largest absolute Gasteiger partial charge is 0.356 e. The number of nitrogens with zero attached hydrogens (tertiary/aromatic N) is 2. The molecular weight excluding hydrogens is 666 g/mol. The molecule has 1 fully saturated rings. The number of anilines is 1. The normalized spacial score (nSPS) is 18.7. The van der Waals surface area contributed by atoms with Crippen LogP contribution < -0.4 is 10.2 Å². The highest BCUT2D eigenvalue weighted by Crippen LogP contribution is 2.48. The monoisotopic (exact) mass is 746 g/mol. The molecule has 1 N–H and O–H groups in total. The van der Waals surface area contributed by atoms with Crippen LogP contribution in [0.2, 0.25) is 0 Å². The Balaban J connectivity index is 0.00000171. The molecule has 0 aromatic heterocycles. The number of allylic oxidation sites excluding steroid dienone is 8. The van der Waals surface area contributed by atoms with E-state index >= 15 is 0 Å². The second kappa shape index (κ2) is 24.8. The van der Waals surface area contributed by atoms with Crippen LogP contribution in [0.1, 0.15) is 173 Å². The van der Waals surface area contributed by atoms with Crippen LogP contribution in [0.3, 0.4) is 0 Å². The standard InChI is InChI=1S/C35H46FN3O.C8H18.C4H10.C2H6/c1-10-14-26-20-28(21-26)39-33-22-27(16-17-29(33)35(8,9)34(39)40)23(5)19-32(37-18-12-3)24(6)25(7)38-31(15-11-2)30(36)13-4;1-5-7-8(3,4)6-2;1-4(2)3;1-2/h11,13,15-19,22,26,28,38H,4-5,10,12,14,20-21H2,1-3,6-9H3;5-7H2,1-4H3;4H,1-3H3;1-2H3/b15-11-,25-24+,31-30-,32-19+,37-18?;;;. The molecule has 1 amide bonds. The molecule has 4 nitrogen and oxygen atoms in total. The Morgan fingerprint density at radius 3 is 2.15 bits per heavy atom. The zero-order chi connectivity index (χ0) is 41.8. The molecule has 0 unspecified atom stereocenters. The first-order valence-corrected chi connectivity index (χ1v) is 20.9. The first-order valence-electron chi connectivity index (χ1n) is 20.9. The molecule has 0 atom stereocenters. The van der Waals surface area contributed by atoms with Crippen molar-refractivity contribution in [3.63, 3.8) is 0 Å². The summed E-state index contributed by atoms with van der Waals surface area (Å²) < 4.78 is 14.4. The number of aliphatic imine (C=N–C) groups is 1. The number of benzene rings is 1. The van der Waals surface area contributed by atoms with Gasteiger partial charge in [0.15, 0.2) is 0 Å². The zero-order valence-electron chi connectivity index (χ0n) is 37.6. The Labute approximate surface area is 333 Å². The Bertz CT molecular complexity index is 1490. The molecule has 0 bridgehead atoms. The molecular formula is C49H80FN3O. The predicted octanol–water partition coefficient (Wildman–Crippen LogP) is 15.0. The van der Waals surface area contributed by atoms with Crippen molar-refractivity contribution in [1.82, 2.24) is 5.32 Å². The number of nitrogens with one attached hydrogen (secondary N) is 1. The Kier molecular flexibility index (Phi) is 23.2. The smallest absolute Gasteiger partial charge is 0.237 e. The molecule has 0 radical (unpaired) electrons. The quantitative estimate of drug-likeness (QED) is 0.143. The van der Waals surface area contributed by atoms with E-state index in [1.807, 2.05) is 67.7 Å². The lowest BCUT2D eigenvalue weighted by atomic mass is 9.76. The number of amides is 1. The molecule has 2 aliphatic rings. The SMILES string of the molecule is C=C/C(F)=C(\C=C/C)N/C(C)=C(C)/C(=C\C(=C)c1ccc2c(c1)N(C1CC(CCC)C1)C(=O)C2(C)C)N=CCC.CC.CC(C)C.CCCC(C)(C)CC. The number of hydrogen-bond acceptors (Lipinski definition) is 3. The first kappa shape index (κ1) is 50.5. The van der Waals surface area contributed by atoms with Gasteiger partial charge >= 0.3 is 0 Å². The third-order valence-electron chi connectivity index (χ3n) is 9.97. The van der Waals surface area contributed by atoms with Crippen molar-refractivity contribution in [2.45, 2.75) is 174 Å². The van der Waals surface area contributed by atoms with Gasteiger partial charge in [-0.15, -0.1) is 0 Å². The second-order valence-corrected chi connectivity index (χ2v) is 16.4. The number of halogens is 1. The number of carbonyl (C=O) groups is 1. The average molecular weight is 746 g/mol. The van der Waals surface area contributed by atoms with Crippen LogP contribution in [0, 0.1) is 17.3 Å². The minimum absolute atomic E-state index is 0.186. The zero-order valence-corrected chi connectivity index (χ0v) is 37.6. The summed E-state index contributed by atoms with van der Waals surface area (Å²) >= 11 is 0. The molecule has 1 heterocycles. The van der Waals surface area contributed by atoms with Crippen LogP contribution >= 0.6 is 0 Å². The average Bonchev–Trinajstić information content (AvgIpc) is 3.31. The maximum Gasteiger partial charge on any atom is 0.237 e. The molecule has 1 aromatic rings. The van der Waals surface area contributed by atoms with E-state index in [9.17, 15) is 9.18 Å². The van der Waals surface area contributed by atoms with Crippen LogP contribution in [0.15, 0.2) is 89.1 Å². The van der Waals surface area contributed by atoms with Crippen molar-refractivity contribution in [3.05, 3.63) is 95.3 Å². The van der Waals surface area contributed by atoms with Gasteiger partial charge in [-0.1, -0.05) is 133 Å². The van der Waals surface area contributed by atoms with Crippen molar-refractivity contribution in [2.24, 2.45) is 22.2 Å². The van der Waals surface area contributed by atoms with Gasteiger partial charge in [-0.05, 0) is 124 Å². The minimum Gasteiger partial charge on any atom is -0.356 e. The molecule has 1 saturated carbocycles. The van der Waals surface area contributed by atoms with Gasteiger partial charge in [-0.25, -0.2) is 4.39 Å². The highest BCUT2D eigenvalue weighted by molar-refractivity contribution is 6.08. The van der Waals surface area contributed by atoms with Crippen molar-refractivity contribution in [3.8, 4) is 0 Å². The first-order chi connectivity index (χ1) is 25.3. The Morgan fingerprint density at radius 1 is 1.09 bits per heavy atom. The second-order valence-electron chi connectivity index (χ2n) is 16.4. The Hall–Kier alpha value is -3.47. The molecule has 3 rings (SSSR count). The van der Waals surface area contributed by atoms with E-state index in [4.69, 9.17) is 4.99 Å². The summed E-state index contributed by atoms with van der Waals surface area (Å²) in [5, 5.41) is 3.17. The van der Waals surface area contributed by atoms with Crippen molar-refractivity contribution in [2.75, 3.05) is 4.90 Å². The summed E-state index contributed by atoms with van der Waals surface area (Å²) in [6.45, 7) is 41.6. The fourth-order valence-electron chi connectivity index (χ4n) is 6.38. The number of hydrogen-bond donors (Lipinski definition) is 1. The van der Waals surface area contributed by atoms with Gasteiger partial charge in [0.1, 0.15) is 5.83 Å². The van der Waals surface area contributed by atoms with Gasteiger partial charge in [-0.3, -0.25) is 9.79 Å². The third-order valence-corrected chi connectivity index (χ3v) is 9.97. The predicted molar refractivity (Wildman–Crippen MR) is 240 cm³/mol. The number of carbonyl (C=O) groups excluding carboxylic acids is 1. The van der Waals surface area contributed by atoms with E-state index in [-0.39, 0.29) is 11.9 Å². The van der Waals surface area contributed by atoms with Crippen LogP contribution in [-0.4, -0.2) is 18.2 Å². The molecule has 1 aliphatic heterocycles. The molecule has 54 heavy (non-hydrogen) atoms. The van der Waals surface area contributed by atoms with E-state index in [1.54, 1.807) is 12.2 Å². The fraction of sp³-hybridized carbons (Fsp3) is 0.592. The lowest BCUT2D eigenvalue weighted by Crippen LogP contribution is -2.49. The van der Waals surface area contributed by atoms with Crippen molar-refractivity contribution < 1.29 is 9.18 Å². The summed E-state index contributed by atoms with van der Waals surface area (Å²) in [7, 11) is 0. The highest BCUT2D eigenvalue weighted by Gasteiger charge is 2.49. The van der Waals surface area contributed by atoms with E-state index in [0.717, 1.165) is 64.5 Å². The summed E-state index contributed by atoms with van der Waals surface area (Å²) in [6, 6.07) is 6.52. The number of fused-ring (bicyclic) bond motifs is 1. The summed E-state index contributed by atoms with van der Waals surface area (Å²) in [5.74, 6) is 1.31. The van der Waals surface area contributed by atoms with Gasteiger partial charge in [0, 0.05) is 23.6 Å². The molecule has 304 valence electrons. The summed E-state index contributed by atoms with van der Waals surface area (Å²) in [6.07, 6.45) is 17.8. The lowest BCUT2D eigenvalue weighted by Gasteiger charge is -2.42. The molecule has 0 spiro atoms. The topological polar surface area (TPSA) is 44.7 Å². The van der Waals surface area contributed by atoms with Crippen LogP contribution in [0.4, 0.5) is 10.1 Å². The molecule has 1 aromatic carbocycles. The fourth-order valence-corrected chi connectivity index (χ4v) is 6.38. The van der Waals surface area contributed by atoms with E-state index in [0.29, 0.717) is 17.0 Å². The maximum atomic E-state index is 14.4. The maximum absolute atomic E-state index is 14.4. The van der Waals surface area contributed by atoms with Crippen LogP contribution in [0.25, 0.3) is 5.57 Å². The lowest BCUT2D eigenvalue weighted by molar-refractivity contribution is -0.123.